The van der Waals surface area contributed by atoms with Gasteiger partial charge in [-0.3, -0.25) is 9.48 Å². The summed E-state index contributed by atoms with van der Waals surface area (Å²) in [5.74, 6) is 0.460. The molecule has 1 aromatic heterocycles. The summed E-state index contributed by atoms with van der Waals surface area (Å²) in [5, 5.41) is 4.77. The van der Waals surface area contributed by atoms with Crippen LogP contribution in [0.5, 0.6) is 0 Å². The van der Waals surface area contributed by atoms with Crippen molar-refractivity contribution in [1.29, 1.82) is 0 Å². The normalized spacial score (nSPS) is 21.6. The number of nitrogens with zero attached hydrogens (tertiary/aromatic N) is 2. The van der Waals surface area contributed by atoms with Crippen LogP contribution < -0.4 is 5.73 Å². The monoisotopic (exact) mass is 277 g/mol. The third-order valence-corrected chi connectivity index (χ3v) is 4.22. The molecule has 1 aromatic rings. The second kappa shape index (κ2) is 5.56. The molecule has 0 bridgehead atoms. The van der Waals surface area contributed by atoms with E-state index in [1.807, 2.05) is 11.6 Å². The predicted molar refractivity (Wildman–Crippen MR) is 75.3 cm³/mol. The molecular weight excluding hydrogens is 254 g/mol. The summed E-state index contributed by atoms with van der Waals surface area (Å²) in [6.07, 6.45) is 6.05. The van der Waals surface area contributed by atoms with E-state index in [1.165, 1.54) is 29.8 Å². The molecule has 0 aromatic carbocycles. The van der Waals surface area contributed by atoms with E-state index in [4.69, 9.17) is 15.6 Å². The highest BCUT2D eigenvalue weighted by molar-refractivity contribution is 5.69. The lowest BCUT2D eigenvalue weighted by atomic mass is 9.90. The average molecular weight is 277 g/mol. The molecule has 110 valence electrons. The number of hydrogen-bond acceptors (Lipinski definition) is 4. The molecule has 0 radical (unpaired) electrons. The minimum Gasteiger partial charge on any atom is -0.466 e. The molecule has 3 rings (SSSR count). The van der Waals surface area contributed by atoms with Gasteiger partial charge in [0.1, 0.15) is 0 Å². The molecule has 2 aliphatic rings. The molecule has 0 spiro atoms. The van der Waals surface area contributed by atoms with Crippen LogP contribution >= 0.6 is 0 Å². The molecule has 2 N–H and O–H groups in total. The summed E-state index contributed by atoms with van der Waals surface area (Å²) in [5.41, 5.74) is 10.0. The van der Waals surface area contributed by atoms with Crippen molar-refractivity contribution < 1.29 is 9.53 Å². The Morgan fingerprint density at radius 3 is 2.95 bits per heavy atom. The standard InChI is InChI=1S/C15H23N3O2/c1-2-20-13(19)8-9-18-12-5-3-4-11(16)14(12)15(17-18)10-6-7-10/h10-11H,2-9,16H2,1H3. The van der Waals surface area contributed by atoms with Crippen molar-refractivity contribution >= 4 is 5.97 Å². The largest absolute Gasteiger partial charge is 0.466 e. The van der Waals surface area contributed by atoms with Gasteiger partial charge in [0.25, 0.3) is 0 Å². The first kappa shape index (κ1) is 13.6. The lowest BCUT2D eigenvalue weighted by molar-refractivity contribution is -0.143. The Balaban J connectivity index is 1.80. The first-order valence-electron chi connectivity index (χ1n) is 7.71. The average Bonchev–Trinajstić information content (AvgIpc) is 3.20. The van der Waals surface area contributed by atoms with Crippen LogP contribution in [0.1, 0.15) is 67.9 Å². The number of fused-ring (bicyclic) bond motifs is 1. The molecule has 5 nitrogen and oxygen atoms in total. The van der Waals surface area contributed by atoms with E-state index in [-0.39, 0.29) is 12.0 Å². The van der Waals surface area contributed by atoms with Crippen LogP contribution in [0.4, 0.5) is 0 Å². The summed E-state index contributed by atoms with van der Waals surface area (Å²) >= 11 is 0. The van der Waals surface area contributed by atoms with E-state index in [2.05, 4.69) is 0 Å². The van der Waals surface area contributed by atoms with Crippen LogP contribution in [-0.4, -0.2) is 22.4 Å². The fourth-order valence-electron chi connectivity index (χ4n) is 3.11. The van der Waals surface area contributed by atoms with Gasteiger partial charge in [0, 0.05) is 23.2 Å². The molecule has 2 aliphatic carbocycles. The van der Waals surface area contributed by atoms with Crippen molar-refractivity contribution in [1.82, 2.24) is 9.78 Å². The van der Waals surface area contributed by atoms with Crippen LogP contribution in [-0.2, 0) is 22.5 Å². The summed E-state index contributed by atoms with van der Waals surface area (Å²) in [6.45, 7) is 2.88. The van der Waals surface area contributed by atoms with Gasteiger partial charge < -0.3 is 10.5 Å². The van der Waals surface area contributed by atoms with Gasteiger partial charge in [-0.15, -0.1) is 0 Å². The van der Waals surface area contributed by atoms with E-state index >= 15 is 0 Å². The van der Waals surface area contributed by atoms with Crippen LogP contribution in [0.15, 0.2) is 0 Å². The van der Waals surface area contributed by atoms with E-state index in [0.29, 0.717) is 25.5 Å². The van der Waals surface area contributed by atoms with Gasteiger partial charge in [-0.2, -0.15) is 5.10 Å². The molecular formula is C15H23N3O2. The van der Waals surface area contributed by atoms with Crippen molar-refractivity contribution in [2.24, 2.45) is 5.73 Å². The number of nitrogens with two attached hydrogens (primary N) is 1. The van der Waals surface area contributed by atoms with E-state index in [0.717, 1.165) is 19.3 Å². The Labute approximate surface area is 119 Å². The lowest BCUT2D eigenvalue weighted by Gasteiger charge is -2.20. The maximum absolute atomic E-state index is 11.5. The van der Waals surface area contributed by atoms with Gasteiger partial charge in [0.05, 0.1) is 25.3 Å². The quantitative estimate of drug-likeness (QED) is 0.836. The maximum atomic E-state index is 11.5. The first-order valence-corrected chi connectivity index (χ1v) is 7.71. The summed E-state index contributed by atoms with van der Waals surface area (Å²) in [4.78, 5) is 11.5. The van der Waals surface area contributed by atoms with Crippen LogP contribution in [0.2, 0.25) is 0 Å². The van der Waals surface area contributed by atoms with Crippen molar-refractivity contribution in [2.45, 2.75) is 64.0 Å². The molecule has 1 saturated carbocycles. The Kier molecular flexibility index (Phi) is 3.78. The number of carbonyl (C=O) groups is 1. The van der Waals surface area contributed by atoms with Gasteiger partial charge in [-0.25, -0.2) is 0 Å². The Morgan fingerprint density at radius 2 is 2.25 bits per heavy atom. The number of ether oxygens (including phenoxy) is 1. The third-order valence-electron chi connectivity index (χ3n) is 4.22. The Hall–Kier alpha value is -1.36. The lowest BCUT2D eigenvalue weighted by Crippen LogP contribution is -2.20. The SMILES string of the molecule is CCOC(=O)CCn1nc(C2CC2)c2c1CCCC2N. The zero-order valence-electron chi connectivity index (χ0n) is 12.1. The number of hydrogen-bond donors (Lipinski definition) is 1. The highest BCUT2D eigenvalue weighted by Crippen LogP contribution is 2.45. The number of rotatable bonds is 5. The van der Waals surface area contributed by atoms with E-state index in [1.54, 1.807) is 0 Å². The fourth-order valence-corrected chi connectivity index (χ4v) is 3.11. The van der Waals surface area contributed by atoms with Crippen molar-refractivity contribution in [3.63, 3.8) is 0 Å². The Bertz CT molecular complexity index is 505. The molecule has 20 heavy (non-hydrogen) atoms. The second-order valence-electron chi connectivity index (χ2n) is 5.80. The molecule has 0 saturated heterocycles. The number of aromatic nitrogens is 2. The van der Waals surface area contributed by atoms with Gasteiger partial charge in [0.2, 0.25) is 0 Å². The topological polar surface area (TPSA) is 70.1 Å². The number of aryl methyl sites for hydroxylation is 1. The van der Waals surface area contributed by atoms with Gasteiger partial charge >= 0.3 is 5.97 Å². The molecule has 1 unspecified atom stereocenters. The highest BCUT2D eigenvalue weighted by Gasteiger charge is 2.34. The smallest absolute Gasteiger partial charge is 0.307 e. The fraction of sp³-hybridized carbons (Fsp3) is 0.733. The van der Waals surface area contributed by atoms with E-state index in [9.17, 15) is 4.79 Å². The van der Waals surface area contributed by atoms with Crippen molar-refractivity contribution in [3.05, 3.63) is 17.0 Å². The van der Waals surface area contributed by atoms with Gasteiger partial charge in [-0.1, -0.05) is 0 Å². The van der Waals surface area contributed by atoms with Crippen LogP contribution in [0.25, 0.3) is 0 Å². The minimum absolute atomic E-state index is 0.130. The first-order chi connectivity index (χ1) is 9.70. The summed E-state index contributed by atoms with van der Waals surface area (Å²) < 4.78 is 7.00. The van der Waals surface area contributed by atoms with Gasteiger partial charge in [0.15, 0.2) is 0 Å². The van der Waals surface area contributed by atoms with Crippen molar-refractivity contribution in [3.8, 4) is 0 Å². The maximum Gasteiger partial charge on any atom is 0.307 e. The number of esters is 1. The van der Waals surface area contributed by atoms with E-state index < -0.39 is 0 Å². The van der Waals surface area contributed by atoms with Crippen molar-refractivity contribution in [2.75, 3.05) is 6.61 Å². The summed E-state index contributed by atoms with van der Waals surface area (Å²) in [7, 11) is 0. The molecule has 0 amide bonds. The molecule has 1 atom stereocenters. The highest BCUT2D eigenvalue weighted by atomic mass is 16.5. The zero-order chi connectivity index (χ0) is 14.1. The zero-order valence-corrected chi connectivity index (χ0v) is 12.1. The Morgan fingerprint density at radius 1 is 1.45 bits per heavy atom. The summed E-state index contributed by atoms with van der Waals surface area (Å²) in [6, 6.07) is 0.130. The minimum atomic E-state index is -0.148. The third kappa shape index (κ3) is 2.59. The second-order valence-corrected chi connectivity index (χ2v) is 5.80. The van der Waals surface area contributed by atoms with Crippen LogP contribution in [0.3, 0.4) is 0 Å². The van der Waals surface area contributed by atoms with Crippen LogP contribution in [0, 0.1) is 0 Å². The molecule has 5 heteroatoms. The number of carbonyl (C=O) groups excluding carboxylic acids is 1. The van der Waals surface area contributed by atoms with Gasteiger partial charge in [-0.05, 0) is 39.0 Å². The molecule has 0 aliphatic heterocycles. The predicted octanol–water partition coefficient (Wildman–Crippen LogP) is 2.05. The molecule has 1 fully saturated rings. The molecule has 1 heterocycles.